The van der Waals surface area contributed by atoms with Crippen molar-refractivity contribution in [2.45, 2.75) is 25.4 Å². The number of hydrogen-bond donors (Lipinski definition) is 1. The van der Waals surface area contributed by atoms with Crippen molar-refractivity contribution in [3.05, 3.63) is 53.1 Å². The summed E-state index contributed by atoms with van der Waals surface area (Å²) in [6.45, 7) is 0.551. The van der Waals surface area contributed by atoms with Crippen LogP contribution in [0.3, 0.4) is 0 Å². The van der Waals surface area contributed by atoms with Crippen LogP contribution in [0.25, 0.3) is 0 Å². The normalized spacial score (nSPS) is 14.0. The van der Waals surface area contributed by atoms with Gasteiger partial charge in [-0.3, -0.25) is 0 Å². The van der Waals surface area contributed by atoms with Gasteiger partial charge < -0.3 is 14.8 Å². The van der Waals surface area contributed by atoms with Crippen LogP contribution in [-0.4, -0.2) is 21.5 Å². The number of hydrogen-bond acceptors (Lipinski definition) is 1. The van der Waals surface area contributed by atoms with Crippen LogP contribution in [-0.2, 0) is 13.6 Å². The average molecular weight is 322 g/mol. The van der Waals surface area contributed by atoms with Gasteiger partial charge in [0.2, 0.25) is 0 Å². The first-order valence-corrected chi connectivity index (χ1v) is 7.55. The van der Waals surface area contributed by atoms with E-state index in [4.69, 9.17) is 11.6 Å². The Bertz CT molecular complexity index is 696. The summed E-state index contributed by atoms with van der Waals surface area (Å²) in [5, 5.41) is 2.79. The maximum atomic E-state index is 13.2. The lowest BCUT2D eigenvalue weighted by Gasteiger charge is -2.23. The molecule has 0 saturated heterocycles. The molecule has 0 atom stereocenters. The molecule has 1 fully saturated rings. The van der Waals surface area contributed by atoms with E-state index in [9.17, 15) is 9.18 Å². The van der Waals surface area contributed by atoms with Crippen molar-refractivity contribution in [2.75, 3.05) is 5.32 Å². The summed E-state index contributed by atoms with van der Waals surface area (Å²) in [7, 11) is 1.96. The fourth-order valence-corrected chi connectivity index (χ4v) is 2.54. The molecule has 0 unspecified atom stereocenters. The molecular weight excluding hydrogens is 305 g/mol. The Morgan fingerprint density at radius 2 is 2.23 bits per heavy atom. The van der Waals surface area contributed by atoms with Crippen molar-refractivity contribution in [1.82, 2.24) is 9.47 Å². The Hall–Kier alpha value is -2.01. The zero-order valence-electron chi connectivity index (χ0n) is 12.2. The van der Waals surface area contributed by atoms with Gasteiger partial charge in [0.25, 0.3) is 0 Å². The Labute approximate surface area is 133 Å². The van der Waals surface area contributed by atoms with Crippen molar-refractivity contribution in [3.8, 4) is 0 Å². The number of anilines is 1. The second-order valence-corrected chi connectivity index (χ2v) is 5.94. The molecule has 1 N–H and O–H groups in total. The van der Waals surface area contributed by atoms with Crippen LogP contribution in [0.1, 0.15) is 18.5 Å². The van der Waals surface area contributed by atoms with Crippen LogP contribution < -0.4 is 5.32 Å². The SMILES string of the molecule is Cn1cccc1CN(C(=O)Nc1ccc(F)c(Cl)c1)C1CC1. The number of benzene rings is 1. The fourth-order valence-electron chi connectivity index (χ4n) is 2.36. The summed E-state index contributed by atoms with van der Waals surface area (Å²) < 4.78 is 15.2. The molecule has 4 nitrogen and oxygen atoms in total. The van der Waals surface area contributed by atoms with E-state index in [0.29, 0.717) is 12.2 Å². The number of aryl methyl sites for hydroxylation is 1. The molecule has 2 aromatic rings. The predicted octanol–water partition coefficient (Wildman–Crippen LogP) is 4.01. The monoisotopic (exact) mass is 321 g/mol. The molecule has 1 aromatic heterocycles. The molecule has 1 aliphatic carbocycles. The predicted molar refractivity (Wildman–Crippen MR) is 84.4 cm³/mol. The van der Waals surface area contributed by atoms with Gasteiger partial charge in [-0.05, 0) is 43.2 Å². The minimum Gasteiger partial charge on any atom is -0.353 e. The standard InChI is InChI=1S/C16H17ClFN3O/c1-20-8-2-3-13(20)10-21(12-5-6-12)16(22)19-11-4-7-15(18)14(17)9-11/h2-4,7-9,12H,5-6,10H2,1H3,(H,19,22). The largest absolute Gasteiger partial charge is 0.353 e. The first kappa shape index (κ1) is 14.9. The van der Waals surface area contributed by atoms with Gasteiger partial charge >= 0.3 is 6.03 Å². The van der Waals surface area contributed by atoms with Crippen molar-refractivity contribution in [1.29, 1.82) is 0 Å². The summed E-state index contributed by atoms with van der Waals surface area (Å²) in [4.78, 5) is 14.3. The Balaban J connectivity index is 1.72. The number of nitrogens with zero attached hydrogens (tertiary/aromatic N) is 2. The van der Waals surface area contributed by atoms with E-state index in [1.165, 1.54) is 18.2 Å². The lowest BCUT2D eigenvalue weighted by atomic mass is 10.3. The number of carbonyl (C=O) groups excluding carboxylic acids is 1. The Morgan fingerprint density at radius 3 is 2.82 bits per heavy atom. The van der Waals surface area contributed by atoms with Crippen molar-refractivity contribution in [3.63, 3.8) is 0 Å². The van der Waals surface area contributed by atoms with Crippen molar-refractivity contribution >= 4 is 23.3 Å². The highest BCUT2D eigenvalue weighted by Gasteiger charge is 2.33. The summed E-state index contributed by atoms with van der Waals surface area (Å²) in [6, 6.07) is 8.21. The molecule has 1 aliphatic rings. The molecule has 1 heterocycles. The molecule has 3 rings (SSSR count). The molecule has 116 valence electrons. The lowest BCUT2D eigenvalue weighted by molar-refractivity contribution is 0.205. The lowest BCUT2D eigenvalue weighted by Crippen LogP contribution is -2.36. The Kier molecular flexibility index (Phi) is 4.07. The Morgan fingerprint density at radius 1 is 1.45 bits per heavy atom. The average Bonchev–Trinajstić information content (AvgIpc) is 3.24. The van der Waals surface area contributed by atoms with Gasteiger partial charge in [-0.15, -0.1) is 0 Å². The first-order valence-electron chi connectivity index (χ1n) is 7.17. The quantitative estimate of drug-likeness (QED) is 0.907. The fraction of sp³-hybridized carbons (Fsp3) is 0.312. The van der Waals surface area contributed by atoms with E-state index >= 15 is 0 Å². The molecule has 1 saturated carbocycles. The van der Waals surface area contributed by atoms with E-state index in [1.807, 2.05) is 34.8 Å². The van der Waals surface area contributed by atoms with Crippen LogP contribution in [0.5, 0.6) is 0 Å². The number of nitrogens with one attached hydrogen (secondary N) is 1. The van der Waals surface area contributed by atoms with Crippen LogP contribution in [0, 0.1) is 5.82 Å². The molecule has 0 bridgehead atoms. The smallest absolute Gasteiger partial charge is 0.322 e. The molecular formula is C16H17ClFN3O. The molecule has 6 heteroatoms. The second kappa shape index (κ2) is 6.01. The van der Waals surface area contributed by atoms with Gasteiger partial charge in [-0.2, -0.15) is 0 Å². The zero-order valence-corrected chi connectivity index (χ0v) is 13.0. The van der Waals surface area contributed by atoms with Crippen LogP contribution >= 0.6 is 11.6 Å². The van der Waals surface area contributed by atoms with Gasteiger partial charge in [0.05, 0.1) is 11.6 Å². The van der Waals surface area contributed by atoms with Crippen molar-refractivity contribution < 1.29 is 9.18 Å². The van der Waals surface area contributed by atoms with Crippen LogP contribution in [0.15, 0.2) is 36.5 Å². The maximum Gasteiger partial charge on any atom is 0.322 e. The third-order valence-corrected chi connectivity index (χ3v) is 4.09. The van der Waals surface area contributed by atoms with Gasteiger partial charge in [0.1, 0.15) is 5.82 Å². The minimum atomic E-state index is -0.498. The topological polar surface area (TPSA) is 37.3 Å². The summed E-state index contributed by atoms with van der Waals surface area (Å²) >= 11 is 5.74. The number of aromatic nitrogens is 1. The molecule has 22 heavy (non-hydrogen) atoms. The van der Waals surface area contributed by atoms with E-state index in [0.717, 1.165) is 18.5 Å². The first-order chi connectivity index (χ1) is 10.5. The van der Waals surface area contributed by atoms with Crippen LogP contribution in [0.2, 0.25) is 5.02 Å². The summed E-state index contributed by atoms with van der Waals surface area (Å²) in [5.74, 6) is -0.498. The number of amides is 2. The van der Waals surface area contributed by atoms with Gasteiger partial charge in [0.15, 0.2) is 0 Å². The zero-order chi connectivity index (χ0) is 15.7. The second-order valence-electron chi connectivity index (χ2n) is 5.53. The summed E-state index contributed by atoms with van der Waals surface area (Å²) in [6.07, 6.45) is 3.99. The summed E-state index contributed by atoms with van der Waals surface area (Å²) in [5.41, 5.74) is 1.56. The number of halogens is 2. The molecule has 0 radical (unpaired) electrons. The van der Waals surface area contributed by atoms with Crippen molar-refractivity contribution in [2.24, 2.45) is 7.05 Å². The highest BCUT2D eigenvalue weighted by Crippen LogP contribution is 2.29. The highest BCUT2D eigenvalue weighted by atomic mass is 35.5. The maximum absolute atomic E-state index is 13.2. The van der Waals surface area contributed by atoms with E-state index in [2.05, 4.69) is 5.32 Å². The molecule has 0 aliphatic heterocycles. The molecule has 1 aromatic carbocycles. The van der Waals surface area contributed by atoms with Gasteiger partial charge in [-0.25, -0.2) is 9.18 Å². The van der Waals surface area contributed by atoms with Crippen LogP contribution in [0.4, 0.5) is 14.9 Å². The third-order valence-electron chi connectivity index (χ3n) is 3.80. The number of carbonyl (C=O) groups is 1. The molecule has 0 spiro atoms. The number of urea groups is 1. The molecule has 2 amide bonds. The van der Waals surface area contributed by atoms with E-state index in [-0.39, 0.29) is 17.1 Å². The highest BCUT2D eigenvalue weighted by molar-refractivity contribution is 6.31. The third kappa shape index (κ3) is 3.25. The van der Waals surface area contributed by atoms with E-state index in [1.54, 1.807) is 0 Å². The van der Waals surface area contributed by atoms with Gasteiger partial charge in [-0.1, -0.05) is 11.6 Å². The van der Waals surface area contributed by atoms with Gasteiger partial charge in [0, 0.05) is 30.7 Å². The minimum absolute atomic E-state index is 0.00166. The van der Waals surface area contributed by atoms with E-state index < -0.39 is 5.82 Å². The number of rotatable bonds is 4.